The van der Waals surface area contributed by atoms with Crippen molar-refractivity contribution >= 4 is 5.91 Å². The van der Waals surface area contributed by atoms with Crippen LogP contribution >= 0.6 is 0 Å². The van der Waals surface area contributed by atoms with Gasteiger partial charge in [-0.3, -0.25) is 9.78 Å². The van der Waals surface area contributed by atoms with E-state index in [1.54, 1.807) is 0 Å². The maximum Gasteiger partial charge on any atom is 0.236 e. The first kappa shape index (κ1) is 14.6. The Bertz CT molecular complexity index is 373. The summed E-state index contributed by atoms with van der Waals surface area (Å²) in [6, 6.07) is 3.80. The van der Waals surface area contributed by atoms with Gasteiger partial charge >= 0.3 is 0 Å². The summed E-state index contributed by atoms with van der Waals surface area (Å²) in [7, 11) is 0. The minimum Gasteiger partial charge on any atom is -0.354 e. The fourth-order valence-electron chi connectivity index (χ4n) is 1.42. The Kier molecular flexibility index (Phi) is 5.78. The van der Waals surface area contributed by atoms with Gasteiger partial charge in [-0.25, -0.2) is 0 Å². The molecule has 0 bridgehead atoms. The standard InChI is InChI=1S/C14H23N3O/c1-10(2)7-17-14(18)12(4)16-9-13-6-5-11(3)15-8-13/h5-6,8,10,12,16H,7,9H2,1-4H3,(H,17,18). The van der Waals surface area contributed by atoms with Crippen molar-refractivity contribution in [3.63, 3.8) is 0 Å². The van der Waals surface area contributed by atoms with Crippen molar-refractivity contribution in [2.45, 2.75) is 40.3 Å². The first-order chi connectivity index (χ1) is 8.49. The molecule has 18 heavy (non-hydrogen) atoms. The second kappa shape index (κ2) is 7.11. The van der Waals surface area contributed by atoms with E-state index in [-0.39, 0.29) is 11.9 Å². The van der Waals surface area contributed by atoms with Gasteiger partial charge in [0.2, 0.25) is 5.91 Å². The predicted octanol–water partition coefficient (Wildman–Crippen LogP) is 1.64. The Morgan fingerprint density at radius 1 is 1.33 bits per heavy atom. The third-order valence-corrected chi connectivity index (χ3v) is 2.66. The van der Waals surface area contributed by atoms with Crippen LogP contribution in [0.15, 0.2) is 18.3 Å². The van der Waals surface area contributed by atoms with E-state index in [1.807, 2.05) is 32.2 Å². The van der Waals surface area contributed by atoms with E-state index in [9.17, 15) is 4.79 Å². The van der Waals surface area contributed by atoms with E-state index in [2.05, 4.69) is 29.5 Å². The summed E-state index contributed by atoms with van der Waals surface area (Å²) in [6.45, 7) is 9.36. The molecule has 1 aromatic rings. The maximum atomic E-state index is 11.7. The van der Waals surface area contributed by atoms with E-state index in [4.69, 9.17) is 0 Å². The van der Waals surface area contributed by atoms with E-state index in [1.165, 1.54) is 0 Å². The summed E-state index contributed by atoms with van der Waals surface area (Å²) in [5, 5.41) is 6.10. The molecule has 0 saturated carbocycles. The highest BCUT2D eigenvalue weighted by Gasteiger charge is 2.11. The number of hydrogen-bond acceptors (Lipinski definition) is 3. The Labute approximate surface area is 109 Å². The second-order valence-corrected chi connectivity index (χ2v) is 5.05. The van der Waals surface area contributed by atoms with Crippen LogP contribution in [0.1, 0.15) is 32.0 Å². The zero-order valence-corrected chi connectivity index (χ0v) is 11.7. The molecular weight excluding hydrogens is 226 g/mol. The molecule has 1 amide bonds. The molecule has 4 heteroatoms. The summed E-state index contributed by atoms with van der Waals surface area (Å²) in [5.41, 5.74) is 2.09. The summed E-state index contributed by atoms with van der Waals surface area (Å²) in [4.78, 5) is 16.0. The van der Waals surface area contributed by atoms with Crippen LogP contribution in [0, 0.1) is 12.8 Å². The molecule has 1 aromatic heterocycles. The SMILES string of the molecule is Cc1ccc(CNC(C)C(=O)NCC(C)C)cn1. The molecule has 0 spiro atoms. The lowest BCUT2D eigenvalue weighted by Crippen LogP contribution is -2.42. The lowest BCUT2D eigenvalue weighted by atomic mass is 10.2. The van der Waals surface area contributed by atoms with E-state index in [0.29, 0.717) is 12.5 Å². The molecule has 0 aromatic carbocycles. The van der Waals surface area contributed by atoms with Gasteiger partial charge in [0.15, 0.2) is 0 Å². The minimum absolute atomic E-state index is 0.0452. The largest absolute Gasteiger partial charge is 0.354 e. The Morgan fingerprint density at radius 3 is 2.61 bits per heavy atom. The molecule has 4 nitrogen and oxygen atoms in total. The van der Waals surface area contributed by atoms with Crippen molar-refractivity contribution in [2.24, 2.45) is 5.92 Å². The van der Waals surface area contributed by atoms with Crippen molar-refractivity contribution < 1.29 is 4.79 Å². The smallest absolute Gasteiger partial charge is 0.236 e. The zero-order chi connectivity index (χ0) is 13.5. The first-order valence-corrected chi connectivity index (χ1v) is 6.41. The van der Waals surface area contributed by atoms with Crippen LogP contribution < -0.4 is 10.6 Å². The number of pyridine rings is 1. The molecule has 100 valence electrons. The molecule has 0 aliphatic rings. The maximum absolute atomic E-state index is 11.7. The number of carbonyl (C=O) groups is 1. The number of hydrogen-bond donors (Lipinski definition) is 2. The highest BCUT2D eigenvalue weighted by atomic mass is 16.2. The number of nitrogens with zero attached hydrogens (tertiary/aromatic N) is 1. The van der Waals surface area contributed by atoms with Gasteiger partial charge in [0.25, 0.3) is 0 Å². The quantitative estimate of drug-likeness (QED) is 0.806. The van der Waals surface area contributed by atoms with Gasteiger partial charge in [0.05, 0.1) is 6.04 Å². The van der Waals surface area contributed by atoms with Crippen LogP contribution in [0.25, 0.3) is 0 Å². The third-order valence-electron chi connectivity index (χ3n) is 2.66. The molecule has 1 rings (SSSR count). The van der Waals surface area contributed by atoms with E-state index < -0.39 is 0 Å². The van der Waals surface area contributed by atoms with Crippen molar-refractivity contribution in [1.82, 2.24) is 15.6 Å². The number of aryl methyl sites for hydroxylation is 1. The summed E-state index contributed by atoms with van der Waals surface area (Å²) >= 11 is 0. The van der Waals surface area contributed by atoms with Gasteiger partial charge in [-0.1, -0.05) is 19.9 Å². The lowest BCUT2D eigenvalue weighted by Gasteiger charge is -2.15. The van der Waals surface area contributed by atoms with Gasteiger partial charge in [0.1, 0.15) is 0 Å². The monoisotopic (exact) mass is 249 g/mol. The molecule has 1 unspecified atom stereocenters. The molecule has 0 saturated heterocycles. The number of amides is 1. The predicted molar refractivity (Wildman–Crippen MR) is 73.1 cm³/mol. The van der Waals surface area contributed by atoms with Crippen LogP contribution in [-0.2, 0) is 11.3 Å². The fourth-order valence-corrected chi connectivity index (χ4v) is 1.42. The number of rotatable bonds is 6. The first-order valence-electron chi connectivity index (χ1n) is 6.41. The van der Waals surface area contributed by atoms with Crippen LogP contribution in [0.5, 0.6) is 0 Å². The number of carbonyl (C=O) groups excluding carboxylic acids is 1. The lowest BCUT2D eigenvalue weighted by molar-refractivity contribution is -0.122. The van der Waals surface area contributed by atoms with Crippen LogP contribution in [0.2, 0.25) is 0 Å². The van der Waals surface area contributed by atoms with Crippen molar-refractivity contribution in [1.29, 1.82) is 0 Å². The van der Waals surface area contributed by atoms with Crippen LogP contribution in [-0.4, -0.2) is 23.5 Å². The van der Waals surface area contributed by atoms with Crippen molar-refractivity contribution in [3.05, 3.63) is 29.6 Å². The summed E-state index contributed by atoms with van der Waals surface area (Å²) in [6.07, 6.45) is 1.83. The van der Waals surface area contributed by atoms with E-state index in [0.717, 1.165) is 17.8 Å². The molecule has 0 radical (unpaired) electrons. The van der Waals surface area contributed by atoms with Gasteiger partial charge in [-0.15, -0.1) is 0 Å². The fraction of sp³-hybridized carbons (Fsp3) is 0.571. The summed E-state index contributed by atoms with van der Waals surface area (Å²) < 4.78 is 0. The summed E-state index contributed by atoms with van der Waals surface area (Å²) in [5.74, 6) is 0.520. The van der Waals surface area contributed by atoms with Gasteiger partial charge in [-0.2, -0.15) is 0 Å². The second-order valence-electron chi connectivity index (χ2n) is 5.05. The Morgan fingerprint density at radius 2 is 2.06 bits per heavy atom. The molecule has 2 N–H and O–H groups in total. The van der Waals surface area contributed by atoms with Crippen LogP contribution in [0.3, 0.4) is 0 Å². The minimum atomic E-state index is -0.190. The Balaban J connectivity index is 2.34. The van der Waals surface area contributed by atoms with E-state index >= 15 is 0 Å². The molecule has 0 fully saturated rings. The van der Waals surface area contributed by atoms with Crippen molar-refractivity contribution in [2.75, 3.05) is 6.54 Å². The number of aromatic nitrogens is 1. The molecular formula is C14H23N3O. The zero-order valence-electron chi connectivity index (χ0n) is 11.7. The van der Waals surface area contributed by atoms with Gasteiger partial charge in [0, 0.05) is 25.0 Å². The molecule has 0 aliphatic heterocycles. The average molecular weight is 249 g/mol. The highest BCUT2D eigenvalue weighted by Crippen LogP contribution is 1.99. The van der Waals surface area contributed by atoms with Gasteiger partial charge in [-0.05, 0) is 31.4 Å². The molecule has 1 heterocycles. The van der Waals surface area contributed by atoms with Crippen LogP contribution in [0.4, 0.5) is 0 Å². The Hall–Kier alpha value is -1.42. The van der Waals surface area contributed by atoms with Crippen molar-refractivity contribution in [3.8, 4) is 0 Å². The number of nitrogens with one attached hydrogen (secondary N) is 2. The average Bonchev–Trinajstić information content (AvgIpc) is 2.34. The normalized spacial score (nSPS) is 12.5. The highest BCUT2D eigenvalue weighted by molar-refractivity contribution is 5.81. The van der Waals surface area contributed by atoms with Gasteiger partial charge < -0.3 is 10.6 Å². The molecule has 0 aliphatic carbocycles. The topological polar surface area (TPSA) is 54.0 Å². The third kappa shape index (κ3) is 5.27. The molecule has 1 atom stereocenters.